The van der Waals surface area contributed by atoms with Crippen LogP contribution in [-0.4, -0.2) is 16.2 Å². The molecule has 0 spiro atoms. The summed E-state index contributed by atoms with van der Waals surface area (Å²) in [5.41, 5.74) is 9.65. The van der Waals surface area contributed by atoms with E-state index >= 15 is 0 Å². The number of hydrogen-bond donors (Lipinski definition) is 2. The summed E-state index contributed by atoms with van der Waals surface area (Å²) >= 11 is 1.50. The summed E-state index contributed by atoms with van der Waals surface area (Å²) in [4.78, 5) is 13.4. The van der Waals surface area contributed by atoms with Gasteiger partial charge in [-0.05, 0) is 55.5 Å². The number of carbonyl (C=O) groups is 1. The smallest absolute Gasteiger partial charge is 0.234 e. The summed E-state index contributed by atoms with van der Waals surface area (Å²) in [6, 6.07) is 22.1. The number of carbonyl (C=O) groups excluding carboxylic acids is 1. The number of anilines is 2. The topological polar surface area (TPSA) is 60.0 Å². The second kappa shape index (κ2) is 7.37. The highest BCUT2D eigenvalue weighted by atomic mass is 32.2. The summed E-state index contributed by atoms with van der Waals surface area (Å²) in [5.74, 6) is 0.342. The van der Waals surface area contributed by atoms with E-state index in [4.69, 9.17) is 5.73 Å². The third-order valence-electron chi connectivity index (χ3n) is 4.62. The van der Waals surface area contributed by atoms with Gasteiger partial charge in [0, 0.05) is 44.6 Å². The number of benzene rings is 3. The SMILES string of the molecule is CCn1c2ccccc2c2cc(NC(=O)CSc3ccc(N)cc3)ccc21. The molecule has 0 aliphatic heterocycles. The van der Waals surface area contributed by atoms with Gasteiger partial charge >= 0.3 is 0 Å². The maximum atomic E-state index is 12.4. The van der Waals surface area contributed by atoms with Crippen molar-refractivity contribution in [1.29, 1.82) is 0 Å². The molecule has 0 aliphatic rings. The molecule has 0 bridgehead atoms. The Balaban J connectivity index is 1.54. The van der Waals surface area contributed by atoms with Crippen LogP contribution in [0.5, 0.6) is 0 Å². The van der Waals surface area contributed by atoms with E-state index in [0.29, 0.717) is 5.75 Å². The van der Waals surface area contributed by atoms with Gasteiger partial charge in [0.1, 0.15) is 0 Å². The minimum Gasteiger partial charge on any atom is -0.399 e. The second-order valence-electron chi connectivity index (χ2n) is 6.40. The molecular formula is C22H21N3OS. The molecule has 1 amide bonds. The molecule has 0 atom stereocenters. The van der Waals surface area contributed by atoms with Crippen LogP contribution in [0, 0.1) is 0 Å². The Kier molecular flexibility index (Phi) is 4.77. The van der Waals surface area contributed by atoms with E-state index in [2.05, 4.69) is 53.2 Å². The number of nitrogens with zero attached hydrogens (tertiary/aromatic N) is 1. The van der Waals surface area contributed by atoms with Crippen LogP contribution in [0.3, 0.4) is 0 Å². The van der Waals surface area contributed by atoms with Gasteiger partial charge in [0.15, 0.2) is 0 Å². The quantitative estimate of drug-likeness (QED) is 0.376. The molecule has 5 heteroatoms. The number of aromatic nitrogens is 1. The van der Waals surface area contributed by atoms with Gasteiger partial charge in [-0.15, -0.1) is 11.8 Å². The van der Waals surface area contributed by atoms with Crippen LogP contribution in [0.25, 0.3) is 21.8 Å². The highest BCUT2D eigenvalue weighted by molar-refractivity contribution is 8.00. The Morgan fingerprint density at radius 1 is 1.00 bits per heavy atom. The lowest BCUT2D eigenvalue weighted by Crippen LogP contribution is -2.13. The number of fused-ring (bicyclic) bond motifs is 3. The fourth-order valence-corrected chi connectivity index (χ4v) is 4.08. The number of thioether (sulfide) groups is 1. The Morgan fingerprint density at radius 2 is 1.74 bits per heavy atom. The van der Waals surface area contributed by atoms with Crippen molar-refractivity contribution in [3.05, 3.63) is 66.7 Å². The maximum Gasteiger partial charge on any atom is 0.234 e. The standard InChI is InChI=1S/C22H21N3OS/c1-2-25-20-6-4-3-5-18(20)19-13-16(9-12-21(19)25)24-22(26)14-27-17-10-7-15(23)8-11-17/h3-13H,2,14,23H2,1H3,(H,24,26). The minimum atomic E-state index is -0.0181. The van der Waals surface area contributed by atoms with Gasteiger partial charge in [0.05, 0.1) is 5.75 Å². The van der Waals surface area contributed by atoms with Crippen molar-refractivity contribution in [2.45, 2.75) is 18.4 Å². The number of amides is 1. The predicted octanol–water partition coefficient (Wildman–Crippen LogP) is 5.13. The van der Waals surface area contributed by atoms with E-state index in [9.17, 15) is 4.79 Å². The van der Waals surface area contributed by atoms with Gasteiger partial charge in [-0.25, -0.2) is 0 Å². The lowest BCUT2D eigenvalue weighted by molar-refractivity contribution is -0.113. The molecule has 0 saturated carbocycles. The first-order chi connectivity index (χ1) is 13.2. The van der Waals surface area contributed by atoms with Crippen LogP contribution in [0.15, 0.2) is 71.6 Å². The van der Waals surface area contributed by atoms with Crippen LogP contribution >= 0.6 is 11.8 Å². The van der Waals surface area contributed by atoms with Gasteiger partial charge in [0.2, 0.25) is 5.91 Å². The second-order valence-corrected chi connectivity index (χ2v) is 7.45. The zero-order valence-electron chi connectivity index (χ0n) is 15.1. The fourth-order valence-electron chi connectivity index (χ4n) is 3.38. The van der Waals surface area contributed by atoms with Gasteiger partial charge in [0.25, 0.3) is 0 Å². The molecule has 4 aromatic rings. The molecule has 3 N–H and O–H groups in total. The molecule has 1 heterocycles. The van der Waals surface area contributed by atoms with Crippen LogP contribution in [0.1, 0.15) is 6.92 Å². The molecule has 4 rings (SSSR count). The van der Waals surface area contributed by atoms with Crippen molar-refractivity contribution in [2.75, 3.05) is 16.8 Å². The minimum absolute atomic E-state index is 0.0181. The van der Waals surface area contributed by atoms with Crippen molar-refractivity contribution >= 4 is 50.8 Å². The molecule has 3 aromatic carbocycles. The summed E-state index contributed by atoms with van der Waals surface area (Å²) in [7, 11) is 0. The van der Waals surface area contributed by atoms with Crippen LogP contribution < -0.4 is 11.1 Å². The fraction of sp³-hybridized carbons (Fsp3) is 0.136. The lowest BCUT2D eigenvalue weighted by atomic mass is 10.1. The average molecular weight is 375 g/mol. The molecule has 1 aromatic heterocycles. The van der Waals surface area contributed by atoms with Crippen LogP contribution in [-0.2, 0) is 11.3 Å². The van der Waals surface area contributed by atoms with Gasteiger partial charge in [-0.3, -0.25) is 4.79 Å². The Labute approximate surface area is 162 Å². The zero-order chi connectivity index (χ0) is 18.8. The zero-order valence-corrected chi connectivity index (χ0v) is 15.9. The molecule has 0 saturated heterocycles. The van der Waals surface area contributed by atoms with Crippen LogP contribution in [0.4, 0.5) is 11.4 Å². The summed E-state index contributed by atoms with van der Waals surface area (Å²) < 4.78 is 2.30. The van der Waals surface area contributed by atoms with Gasteiger partial charge < -0.3 is 15.6 Å². The molecule has 136 valence electrons. The van der Waals surface area contributed by atoms with Crippen molar-refractivity contribution in [3.8, 4) is 0 Å². The van der Waals surface area contributed by atoms with E-state index in [1.54, 1.807) is 0 Å². The van der Waals surface area contributed by atoms with Crippen molar-refractivity contribution in [1.82, 2.24) is 4.57 Å². The lowest BCUT2D eigenvalue weighted by Gasteiger charge is -2.07. The van der Waals surface area contributed by atoms with E-state index in [-0.39, 0.29) is 5.91 Å². The third kappa shape index (κ3) is 3.51. The molecule has 0 fully saturated rings. The number of nitrogens with two attached hydrogens (primary N) is 1. The molecule has 0 radical (unpaired) electrons. The molecular weight excluding hydrogens is 354 g/mol. The average Bonchev–Trinajstić information content (AvgIpc) is 3.01. The Hall–Kier alpha value is -2.92. The first kappa shape index (κ1) is 17.5. The molecule has 27 heavy (non-hydrogen) atoms. The highest BCUT2D eigenvalue weighted by Gasteiger charge is 2.11. The predicted molar refractivity (Wildman–Crippen MR) is 115 cm³/mol. The summed E-state index contributed by atoms with van der Waals surface area (Å²) in [6.45, 7) is 3.06. The molecule has 0 unspecified atom stereocenters. The molecule has 4 nitrogen and oxygen atoms in total. The van der Waals surface area contributed by atoms with E-state index in [1.165, 1.54) is 28.2 Å². The maximum absolute atomic E-state index is 12.4. The number of para-hydroxylation sites is 1. The third-order valence-corrected chi connectivity index (χ3v) is 5.63. The van der Waals surface area contributed by atoms with Gasteiger partial charge in [-0.1, -0.05) is 18.2 Å². The van der Waals surface area contributed by atoms with Crippen molar-refractivity contribution < 1.29 is 4.79 Å². The Bertz CT molecular complexity index is 1120. The monoisotopic (exact) mass is 375 g/mol. The first-order valence-corrected chi connectivity index (χ1v) is 9.93. The summed E-state index contributed by atoms with van der Waals surface area (Å²) in [6.07, 6.45) is 0. The normalized spacial score (nSPS) is 11.1. The number of nitrogen functional groups attached to an aromatic ring is 1. The summed E-state index contributed by atoms with van der Waals surface area (Å²) in [5, 5.41) is 5.39. The number of rotatable bonds is 5. The molecule has 0 aliphatic carbocycles. The largest absolute Gasteiger partial charge is 0.399 e. The van der Waals surface area contributed by atoms with E-state index < -0.39 is 0 Å². The Morgan fingerprint density at radius 3 is 2.52 bits per heavy atom. The number of nitrogens with one attached hydrogen (secondary N) is 1. The van der Waals surface area contributed by atoms with Crippen LogP contribution in [0.2, 0.25) is 0 Å². The first-order valence-electron chi connectivity index (χ1n) is 8.95. The van der Waals surface area contributed by atoms with Crippen molar-refractivity contribution in [3.63, 3.8) is 0 Å². The van der Waals surface area contributed by atoms with Gasteiger partial charge in [-0.2, -0.15) is 0 Å². The van der Waals surface area contributed by atoms with Crippen molar-refractivity contribution in [2.24, 2.45) is 0 Å². The van der Waals surface area contributed by atoms with E-state index in [1.807, 2.05) is 30.3 Å². The number of aryl methyl sites for hydroxylation is 1. The highest BCUT2D eigenvalue weighted by Crippen LogP contribution is 2.31. The number of hydrogen-bond acceptors (Lipinski definition) is 3. The van der Waals surface area contributed by atoms with E-state index in [0.717, 1.165) is 28.2 Å².